The first-order valence-electron chi connectivity index (χ1n) is 5.69. The van der Waals surface area contributed by atoms with Gasteiger partial charge in [0, 0.05) is 12.1 Å². The number of benzene rings is 1. The summed E-state index contributed by atoms with van der Waals surface area (Å²) >= 11 is 11.9. The van der Waals surface area contributed by atoms with Gasteiger partial charge in [0.05, 0.1) is 10.0 Å². The molecule has 2 rings (SSSR count). The molecular weight excluding hydrogens is 323 g/mol. The summed E-state index contributed by atoms with van der Waals surface area (Å²) in [5.41, 5.74) is 1.69. The van der Waals surface area contributed by atoms with Crippen molar-refractivity contribution in [3.8, 4) is 0 Å². The first kappa shape index (κ1) is 15.3. The highest BCUT2D eigenvalue weighted by Gasteiger charge is 2.16. The van der Waals surface area contributed by atoms with Gasteiger partial charge in [-0.05, 0) is 18.6 Å². The number of halogens is 2. The third-order valence-electron chi connectivity index (χ3n) is 2.69. The van der Waals surface area contributed by atoms with Gasteiger partial charge in [0.25, 0.3) is 0 Å². The van der Waals surface area contributed by atoms with E-state index >= 15 is 0 Å². The molecule has 0 unspecified atom stereocenters. The van der Waals surface area contributed by atoms with Crippen molar-refractivity contribution in [2.75, 3.05) is 0 Å². The van der Waals surface area contributed by atoms with Gasteiger partial charge < -0.3 is 4.52 Å². The van der Waals surface area contributed by atoms with E-state index in [1.165, 1.54) is 6.26 Å². The normalized spacial score (nSPS) is 11.8. The second-order valence-electron chi connectivity index (χ2n) is 4.24. The molecule has 0 aliphatic rings. The molecule has 0 radical (unpaired) electrons. The Morgan fingerprint density at radius 1 is 1.35 bits per heavy atom. The highest BCUT2D eigenvalue weighted by Crippen LogP contribution is 2.25. The van der Waals surface area contributed by atoms with Gasteiger partial charge in [0.15, 0.2) is 0 Å². The van der Waals surface area contributed by atoms with Crippen LogP contribution in [-0.2, 0) is 22.3 Å². The zero-order chi connectivity index (χ0) is 14.8. The molecule has 1 aromatic carbocycles. The number of nitrogens with zero attached hydrogens (tertiary/aromatic N) is 1. The summed E-state index contributed by atoms with van der Waals surface area (Å²) in [6.45, 7) is 1.80. The standard InChI is InChI=1S/C12H12Cl2N2O3S/c1-8-6-19-16-11(8)7-20(17,18)15-5-9-3-2-4-10(13)12(9)14/h2-4,6,15H,5,7H2,1H3. The maximum absolute atomic E-state index is 12.0. The van der Waals surface area contributed by atoms with Crippen molar-refractivity contribution < 1.29 is 12.9 Å². The van der Waals surface area contributed by atoms with Crippen molar-refractivity contribution >= 4 is 33.2 Å². The second-order valence-corrected chi connectivity index (χ2v) is 6.83. The molecule has 0 aliphatic carbocycles. The maximum atomic E-state index is 12.0. The molecule has 2 aromatic rings. The fourth-order valence-corrected chi connectivity index (χ4v) is 3.06. The summed E-state index contributed by atoms with van der Waals surface area (Å²) in [5, 5.41) is 4.37. The quantitative estimate of drug-likeness (QED) is 0.912. The molecule has 0 aliphatic heterocycles. The summed E-state index contributed by atoms with van der Waals surface area (Å²) in [5.74, 6) is -0.243. The molecule has 20 heavy (non-hydrogen) atoms. The molecule has 1 aromatic heterocycles. The number of hydrogen-bond donors (Lipinski definition) is 1. The molecule has 0 fully saturated rings. The van der Waals surface area contributed by atoms with Crippen LogP contribution in [0.2, 0.25) is 10.0 Å². The largest absolute Gasteiger partial charge is 0.364 e. The fraction of sp³-hybridized carbons (Fsp3) is 0.250. The van der Waals surface area contributed by atoms with Gasteiger partial charge in [-0.1, -0.05) is 40.5 Å². The first-order chi connectivity index (χ1) is 9.39. The van der Waals surface area contributed by atoms with E-state index in [1.807, 2.05) is 0 Å². The predicted octanol–water partition coefficient (Wildman–Crippen LogP) is 2.91. The van der Waals surface area contributed by atoms with E-state index in [-0.39, 0.29) is 12.3 Å². The van der Waals surface area contributed by atoms with Crippen LogP contribution in [0.4, 0.5) is 0 Å². The number of nitrogens with one attached hydrogen (secondary N) is 1. The van der Waals surface area contributed by atoms with Crippen molar-refractivity contribution in [1.29, 1.82) is 0 Å². The van der Waals surface area contributed by atoms with E-state index in [0.29, 0.717) is 26.9 Å². The fourth-order valence-electron chi connectivity index (χ4n) is 1.55. The zero-order valence-corrected chi connectivity index (χ0v) is 12.9. The Balaban J connectivity index is 2.06. The van der Waals surface area contributed by atoms with Gasteiger partial charge in [0.1, 0.15) is 17.7 Å². The van der Waals surface area contributed by atoms with Crippen molar-refractivity contribution in [1.82, 2.24) is 9.88 Å². The number of hydrogen-bond acceptors (Lipinski definition) is 4. The van der Waals surface area contributed by atoms with Gasteiger partial charge in [-0.3, -0.25) is 0 Å². The predicted molar refractivity (Wildman–Crippen MR) is 77.2 cm³/mol. The summed E-state index contributed by atoms with van der Waals surface area (Å²) in [6, 6.07) is 5.05. The Hall–Kier alpha value is -1.08. The highest BCUT2D eigenvalue weighted by atomic mass is 35.5. The van der Waals surface area contributed by atoms with Crippen LogP contribution in [0.15, 0.2) is 29.0 Å². The van der Waals surface area contributed by atoms with Crippen LogP contribution >= 0.6 is 23.2 Å². The van der Waals surface area contributed by atoms with E-state index in [0.717, 1.165) is 0 Å². The van der Waals surface area contributed by atoms with Gasteiger partial charge in [-0.25, -0.2) is 13.1 Å². The average Bonchev–Trinajstić information content (AvgIpc) is 2.76. The van der Waals surface area contributed by atoms with Crippen LogP contribution in [0.3, 0.4) is 0 Å². The average molecular weight is 335 g/mol. The second kappa shape index (κ2) is 6.13. The third kappa shape index (κ3) is 3.73. The lowest BCUT2D eigenvalue weighted by Crippen LogP contribution is -2.25. The Kier molecular flexibility index (Phi) is 4.70. The van der Waals surface area contributed by atoms with Gasteiger partial charge >= 0.3 is 0 Å². The van der Waals surface area contributed by atoms with Crippen LogP contribution in [0, 0.1) is 6.92 Å². The zero-order valence-electron chi connectivity index (χ0n) is 10.6. The smallest absolute Gasteiger partial charge is 0.217 e. The minimum Gasteiger partial charge on any atom is -0.364 e. The maximum Gasteiger partial charge on any atom is 0.217 e. The summed E-state index contributed by atoms with van der Waals surface area (Å²) in [4.78, 5) is 0. The van der Waals surface area contributed by atoms with E-state index in [1.54, 1.807) is 25.1 Å². The van der Waals surface area contributed by atoms with E-state index < -0.39 is 10.0 Å². The van der Waals surface area contributed by atoms with Crippen molar-refractivity contribution in [2.45, 2.75) is 19.2 Å². The van der Waals surface area contributed by atoms with Gasteiger partial charge in [-0.15, -0.1) is 0 Å². The Labute approximate surface area is 126 Å². The summed E-state index contributed by atoms with van der Waals surface area (Å²) < 4.78 is 31.1. The molecule has 1 N–H and O–H groups in total. The molecule has 0 atom stereocenters. The van der Waals surface area contributed by atoms with Crippen LogP contribution in [0.1, 0.15) is 16.8 Å². The number of aryl methyl sites for hydroxylation is 1. The topological polar surface area (TPSA) is 72.2 Å². The first-order valence-corrected chi connectivity index (χ1v) is 8.10. The number of aromatic nitrogens is 1. The van der Waals surface area contributed by atoms with Crippen molar-refractivity contribution in [2.24, 2.45) is 0 Å². The van der Waals surface area contributed by atoms with Gasteiger partial charge in [-0.2, -0.15) is 0 Å². The molecule has 1 heterocycles. The lowest BCUT2D eigenvalue weighted by molar-refractivity contribution is 0.413. The van der Waals surface area contributed by atoms with E-state index in [4.69, 9.17) is 27.7 Å². The minimum absolute atomic E-state index is 0.0681. The molecule has 108 valence electrons. The van der Waals surface area contributed by atoms with Crippen LogP contribution in [0.5, 0.6) is 0 Å². The van der Waals surface area contributed by atoms with Crippen LogP contribution in [-0.4, -0.2) is 13.6 Å². The third-order valence-corrected chi connectivity index (χ3v) is 4.78. The van der Waals surface area contributed by atoms with E-state index in [9.17, 15) is 8.42 Å². The number of sulfonamides is 1. The molecule has 0 amide bonds. The Bertz CT molecular complexity index is 713. The molecule has 0 saturated heterocycles. The Morgan fingerprint density at radius 2 is 2.10 bits per heavy atom. The van der Waals surface area contributed by atoms with E-state index in [2.05, 4.69) is 9.88 Å². The molecule has 5 nitrogen and oxygen atoms in total. The van der Waals surface area contributed by atoms with Crippen molar-refractivity contribution in [3.63, 3.8) is 0 Å². The molecule has 8 heteroatoms. The summed E-state index contributed by atoms with van der Waals surface area (Å²) in [7, 11) is -3.53. The Morgan fingerprint density at radius 3 is 2.75 bits per heavy atom. The van der Waals surface area contributed by atoms with Crippen LogP contribution < -0.4 is 4.72 Å². The lowest BCUT2D eigenvalue weighted by atomic mass is 10.2. The van der Waals surface area contributed by atoms with Crippen molar-refractivity contribution in [3.05, 3.63) is 51.3 Å². The van der Waals surface area contributed by atoms with Crippen LogP contribution in [0.25, 0.3) is 0 Å². The molecule has 0 spiro atoms. The summed E-state index contributed by atoms with van der Waals surface area (Å²) in [6.07, 6.45) is 1.40. The SMILES string of the molecule is Cc1conc1CS(=O)(=O)NCc1cccc(Cl)c1Cl. The lowest BCUT2D eigenvalue weighted by Gasteiger charge is -2.08. The number of rotatable bonds is 5. The highest BCUT2D eigenvalue weighted by molar-refractivity contribution is 7.88. The minimum atomic E-state index is -3.53. The van der Waals surface area contributed by atoms with Gasteiger partial charge in [0.2, 0.25) is 10.0 Å². The molecule has 0 saturated carbocycles. The monoisotopic (exact) mass is 334 g/mol. The molecule has 0 bridgehead atoms. The molecular formula is C12H12Cl2N2O3S.